The number of ether oxygens (including phenoxy) is 1. The Labute approximate surface area is 215 Å². The van der Waals surface area contributed by atoms with Gasteiger partial charge in [0.2, 0.25) is 0 Å². The molecule has 6 N–H and O–H groups in total. The summed E-state index contributed by atoms with van der Waals surface area (Å²) in [5.41, 5.74) is 10.9. The van der Waals surface area contributed by atoms with Crippen LogP contribution >= 0.6 is 0 Å². The van der Waals surface area contributed by atoms with Crippen molar-refractivity contribution < 1.29 is 24.5 Å². The van der Waals surface area contributed by atoms with Gasteiger partial charge in [0.1, 0.15) is 11.6 Å². The zero-order valence-corrected chi connectivity index (χ0v) is 20.6. The van der Waals surface area contributed by atoms with Gasteiger partial charge in [-0.3, -0.25) is 10.2 Å². The number of carbonyl (C=O) groups is 2. The van der Waals surface area contributed by atoms with Gasteiger partial charge in [0.25, 0.3) is 5.91 Å². The standard InChI is InChI=1S/C28H30N4O5/c1-37-21-6-7-22(24(15-21)28(35)36)23-14-19(27(34)31-10-2-12-33)3-4-20(23)16-32-11-9-17-13-18(26(29)30)5-8-25(17)32/h3-8,13-15,33H,2,9-12,16H2,1H3,(H3,29,30)(H,31,34)(H,35,36). The predicted octanol–water partition coefficient (Wildman–Crippen LogP) is 3.02. The van der Waals surface area contributed by atoms with E-state index >= 15 is 0 Å². The first kappa shape index (κ1) is 25.7. The Balaban J connectivity index is 1.75. The molecule has 1 heterocycles. The smallest absolute Gasteiger partial charge is 0.336 e. The summed E-state index contributed by atoms with van der Waals surface area (Å²) in [4.78, 5) is 27.1. The molecule has 9 heteroatoms. The summed E-state index contributed by atoms with van der Waals surface area (Å²) >= 11 is 0. The Kier molecular flexibility index (Phi) is 7.74. The number of amides is 1. The molecule has 4 rings (SSSR count). The summed E-state index contributed by atoms with van der Waals surface area (Å²) in [5, 5.41) is 29.4. The number of aliphatic hydroxyl groups is 1. The van der Waals surface area contributed by atoms with E-state index in [1.807, 2.05) is 24.3 Å². The molecule has 0 radical (unpaired) electrons. The van der Waals surface area contributed by atoms with Gasteiger partial charge in [-0.1, -0.05) is 6.07 Å². The number of amidine groups is 1. The molecule has 0 aromatic heterocycles. The van der Waals surface area contributed by atoms with Gasteiger partial charge >= 0.3 is 5.97 Å². The van der Waals surface area contributed by atoms with Crippen LogP contribution in [0.15, 0.2) is 54.6 Å². The second kappa shape index (κ2) is 11.1. The van der Waals surface area contributed by atoms with E-state index in [1.54, 1.807) is 24.3 Å². The molecule has 9 nitrogen and oxygen atoms in total. The largest absolute Gasteiger partial charge is 0.497 e. The maximum Gasteiger partial charge on any atom is 0.336 e. The molecule has 0 spiro atoms. The van der Waals surface area contributed by atoms with E-state index in [9.17, 15) is 14.7 Å². The molecule has 192 valence electrons. The van der Waals surface area contributed by atoms with E-state index in [2.05, 4.69) is 10.2 Å². The molecule has 1 amide bonds. The monoisotopic (exact) mass is 502 g/mol. The van der Waals surface area contributed by atoms with Crippen molar-refractivity contribution in [3.63, 3.8) is 0 Å². The molecule has 3 aromatic rings. The second-order valence-electron chi connectivity index (χ2n) is 8.85. The average Bonchev–Trinajstić information content (AvgIpc) is 3.30. The summed E-state index contributed by atoms with van der Waals surface area (Å²) in [6.45, 7) is 1.57. The molecule has 0 bridgehead atoms. The van der Waals surface area contributed by atoms with Crippen molar-refractivity contribution in [2.45, 2.75) is 19.4 Å². The fourth-order valence-corrected chi connectivity index (χ4v) is 4.56. The zero-order chi connectivity index (χ0) is 26.5. The summed E-state index contributed by atoms with van der Waals surface area (Å²) in [5.74, 6) is -0.941. The number of aliphatic hydroxyl groups excluding tert-OH is 1. The number of nitrogens with two attached hydrogens (primary N) is 1. The first-order valence-corrected chi connectivity index (χ1v) is 12.0. The van der Waals surface area contributed by atoms with Gasteiger partial charge in [-0.15, -0.1) is 0 Å². The van der Waals surface area contributed by atoms with Crippen LogP contribution in [0, 0.1) is 5.41 Å². The van der Waals surface area contributed by atoms with Crippen LogP contribution in [0.25, 0.3) is 11.1 Å². The van der Waals surface area contributed by atoms with Crippen LogP contribution in [-0.4, -0.2) is 54.7 Å². The highest BCUT2D eigenvalue weighted by molar-refractivity contribution is 6.00. The molecule has 0 saturated carbocycles. The van der Waals surface area contributed by atoms with Crippen LogP contribution < -0.4 is 20.7 Å². The topological polar surface area (TPSA) is 149 Å². The van der Waals surface area contributed by atoms with Crippen LogP contribution in [-0.2, 0) is 13.0 Å². The fourth-order valence-electron chi connectivity index (χ4n) is 4.56. The van der Waals surface area contributed by atoms with Crippen molar-refractivity contribution in [3.8, 4) is 16.9 Å². The SMILES string of the molecule is COc1ccc(-c2cc(C(=O)NCCCO)ccc2CN2CCc3cc(C(=N)N)ccc32)c(C(=O)O)c1. The third kappa shape index (κ3) is 5.57. The molecule has 37 heavy (non-hydrogen) atoms. The lowest BCUT2D eigenvalue weighted by molar-refractivity contribution is 0.0697. The van der Waals surface area contributed by atoms with Crippen molar-refractivity contribution >= 4 is 23.4 Å². The van der Waals surface area contributed by atoms with E-state index in [4.69, 9.17) is 21.0 Å². The van der Waals surface area contributed by atoms with Crippen molar-refractivity contribution in [2.24, 2.45) is 5.73 Å². The number of hydrogen-bond acceptors (Lipinski definition) is 6. The highest BCUT2D eigenvalue weighted by atomic mass is 16.5. The maximum absolute atomic E-state index is 12.8. The molecule has 1 aliphatic rings. The number of nitrogens with one attached hydrogen (secondary N) is 2. The highest BCUT2D eigenvalue weighted by Gasteiger charge is 2.23. The predicted molar refractivity (Wildman–Crippen MR) is 142 cm³/mol. The number of carbonyl (C=O) groups excluding carboxylic acids is 1. The lowest BCUT2D eigenvalue weighted by atomic mass is 9.92. The van der Waals surface area contributed by atoms with Gasteiger partial charge in [-0.05, 0) is 83.6 Å². The number of benzene rings is 3. The number of nitrogen functional groups attached to an aromatic ring is 1. The third-order valence-corrected chi connectivity index (χ3v) is 6.48. The molecule has 0 atom stereocenters. The van der Waals surface area contributed by atoms with Gasteiger partial charge in [0, 0.05) is 43.1 Å². The van der Waals surface area contributed by atoms with Crippen LogP contribution in [0.4, 0.5) is 5.69 Å². The number of carboxylic acid groups (broad SMARTS) is 1. The van der Waals surface area contributed by atoms with Gasteiger partial charge in [-0.25, -0.2) is 4.79 Å². The van der Waals surface area contributed by atoms with Crippen molar-refractivity contribution in [1.82, 2.24) is 5.32 Å². The number of methoxy groups -OCH3 is 1. The number of fused-ring (bicyclic) bond motifs is 1. The second-order valence-corrected chi connectivity index (χ2v) is 8.85. The lowest BCUT2D eigenvalue weighted by Crippen LogP contribution is -2.25. The fraction of sp³-hybridized carbons (Fsp3) is 0.250. The van der Waals surface area contributed by atoms with Crippen LogP contribution in [0.3, 0.4) is 0 Å². The van der Waals surface area contributed by atoms with Crippen molar-refractivity contribution in [3.05, 3.63) is 82.4 Å². The van der Waals surface area contributed by atoms with Crippen LogP contribution in [0.5, 0.6) is 5.75 Å². The van der Waals surface area contributed by atoms with Gasteiger partial charge in [-0.2, -0.15) is 0 Å². The lowest BCUT2D eigenvalue weighted by Gasteiger charge is -2.23. The van der Waals surface area contributed by atoms with Gasteiger partial charge < -0.3 is 30.9 Å². The Hall–Kier alpha value is -4.37. The summed E-state index contributed by atoms with van der Waals surface area (Å²) in [7, 11) is 1.48. The molecule has 3 aromatic carbocycles. The van der Waals surface area contributed by atoms with E-state index in [0.717, 1.165) is 29.8 Å². The zero-order valence-electron chi connectivity index (χ0n) is 20.6. The van der Waals surface area contributed by atoms with Crippen molar-refractivity contribution in [1.29, 1.82) is 5.41 Å². The van der Waals surface area contributed by atoms with Crippen LogP contribution in [0.1, 0.15) is 43.8 Å². The summed E-state index contributed by atoms with van der Waals surface area (Å²) in [6.07, 6.45) is 1.25. The quantitative estimate of drug-likeness (QED) is 0.163. The number of aromatic carboxylic acids is 1. The number of rotatable bonds is 10. The number of nitrogens with zero attached hydrogens (tertiary/aromatic N) is 1. The Morgan fingerprint density at radius 3 is 2.57 bits per heavy atom. The minimum atomic E-state index is -1.10. The Morgan fingerprint density at radius 1 is 1.08 bits per heavy atom. The van der Waals surface area contributed by atoms with Gasteiger partial charge in [0.15, 0.2) is 0 Å². The normalized spacial score (nSPS) is 12.2. The minimum absolute atomic E-state index is 0.0243. The number of carboxylic acids is 1. The van der Waals surface area contributed by atoms with E-state index in [-0.39, 0.29) is 23.9 Å². The Morgan fingerprint density at radius 2 is 1.86 bits per heavy atom. The third-order valence-electron chi connectivity index (χ3n) is 6.48. The highest BCUT2D eigenvalue weighted by Crippen LogP contribution is 2.35. The molecule has 1 aliphatic heterocycles. The van der Waals surface area contributed by atoms with E-state index in [1.165, 1.54) is 13.2 Å². The minimum Gasteiger partial charge on any atom is -0.497 e. The molecule has 0 saturated heterocycles. The first-order valence-electron chi connectivity index (χ1n) is 12.0. The molecular weight excluding hydrogens is 472 g/mol. The number of hydrogen-bond donors (Lipinski definition) is 5. The van der Waals surface area contributed by atoms with E-state index < -0.39 is 5.97 Å². The van der Waals surface area contributed by atoms with Crippen LogP contribution in [0.2, 0.25) is 0 Å². The molecule has 0 fully saturated rings. The molecule has 0 unspecified atom stereocenters. The van der Waals surface area contributed by atoms with Crippen molar-refractivity contribution in [2.75, 3.05) is 31.7 Å². The van der Waals surface area contributed by atoms with E-state index in [0.29, 0.717) is 47.5 Å². The molecular formula is C28H30N4O5. The molecule has 0 aliphatic carbocycles. The summed E-state index contributed by atoms with van der Waals surface area (Å²) < 4.78 is 5.24. The Bertz CT molecular complexity index is 1350. The first-order chi connectivity index (χ1) is 17.8. The maximum atomic E-state index is 12.8. The van der Waals surface area contributed by atoms with Gasteiger partial charge in [0.05, 0.1) is 12.7 Å². The average molecular weight is 503 g/mol. The number of anilines is 1. The summed E-state index contributed by atoms with van der Waals surface area (Å²) in [6, 6.07) is 15.9.